The van der Waals surface area contributed by atoms with E-state index in [0.717, 1.165) is 43.7 Å². The van der Waals surface area contributed by atoms with Gasteiger partial charge in [-0.1, -0.05) is 29.3 Å². The second-order valence-electron chi connectivity index (χ2n) is 5.14. The minimum absolute atomic E-state index is 0.151. The first-order valence-corrected chi connectivity index (χ1v) is 7.04. The molecule has 0 spiro atoms. The third-order valence-corrected chi connectivity index (χ3v) is 3.82. The van der Waals surface area contributed by atoms with Crippen LogP contribution in [0, 0.1) is 0 Å². The third-order valence-electron chi connectivity index (χ3n) is 3.51. The number of aromatic hydroxyl groups is 1. The first-order valence-electron chi connectivity index (χ1n) is 6.66. The highest BCUT2D eigenvalue weighted by atomic mass is 35.5. The zero-order valence-corrected chi connectivity index (χ0v) is 12.1. The van der Waals surface area contributed by atoms with E-state index in [-0.39, 0.29) is 11.8 Å². The van der Waals surface area contributed by atoms with Crippen LogP contribution in [-0.4, -0.2) is 36.2 Å². The molecule has 104 valence electrons. The average Bonchev–Trinajstić information content (AvgIpc) is 2.40. The van der Waals surface area contributed by atoms with Crippen molar-refractivity contribution in [2.24, 2.45) is 0 Å². The van der Waals surface area contributed by atoms with Crippen molar-refractivity contribution in [3.05, 3.63) is 40.9 Å². The molecule has 0 bridgehead atoms. The molecule has 1 aliphatic heterocycles. The molecule has 1 aromatic carbocycles. The third kappa shape index (κ3) is 3.50. The van der Waals surface area contributed by atoms with E-state index in [2.05, 4.69) is 16.8 Å². The van der Waals surface area contributed by atoms with Crippen molar-refractivity contribution in [3.8, 4) is 5.75 Å². The Balaban J connectivity index is 2.30. The van der Waals surface area contributed by atoms with Gasteiger partial charge < -0.3 is 10.4 Å². The second kappa shape index (κ2) is 6.42. The van der Waals surface area contributed by atoms with Gasteiger partial charge in [-0.2, -0.15) is 0 Å². The maximum Gasteiger partial charge on any atom is 0.138 e. The van der Waals surface area contributed by atoms with Crippen molar-refractivity contribution in [1.29, 1.82) is 0 Å². The predicted molar refractivity (Wildman–Crippen MR) is 79.7 cm³/mol. The largest absolute Gasteiger partial charge is 0.506 e. The number of piperazine rings is 1. The van der Waals surface area contributed by atoms with Crippen LogP contribution >= 0.6 is 11.6 Å². The zero-order valence-electron chi connectivity index (χ0n) is 11.3. The number of nitrogens with one attached hydrogen (secondary N) is 1. The number of hydrogen-bond donors (Lipinski definition) is 2. The van der Waals surface area contributed by atoms with Crippen molar-refractivity contribution < 1.29 is 5.11 Å². The molecule has 0 aromatic heterocycles. The predicted octanol–water partition coefficient (Wildman–Crippen LogP) is 2.96. The van der Waals surface area contributed by atoms with E-state index < -0.39 is 0 Å². The molecule has 3 nitrogen and oxygen atoms in total. The molecular formula is C15H21ClN2O. The van der Waals surface area contributed by atoms with Crippen molar-refractivity contribution in [3.63, 3.8) is 0 Å². The monoisotopic (exact) mass is 280 g/mol. The summed E-state index contributed by atoms with van der Waals surface area (Å²) in [6.45, 7) is 9.95. The van der Waals surface area contributed by atoms with E-state index in [0.29, 0.717) is 5.02 Å². The number of halogens is 1. The molecule has 1 saturated heterocycles. The molecule has 4 heteroatoms. The van der Waals surface area contributed by atoms with E-state index in [1.807, 2.05) is 19.1 Å². The van der Waals surface area contributed by atoms with Crippen molar-refractivity contribution >= 4 is 11.6 Å². The lowest BCUT2D eigenvalue weighted by molar-refractivity contribution is 0.170. The molecule has 0 unspecified atom stereocenters. The van der Waals surface area contributed by atoms with Gasteiger partial charge in [0.15, 0.2) is 0 Å². The van der Waals surface area contributed by atoms with E-state index in [1.54, 1.807) is 6.07 Å². The fourth-order valence-electron chi connectivity index (χ4n) is 2.56. The minimum atomic E-state index is 0.151. The van der Waals surface area contributed by atoms with Gasteiger partial charge >= 0.3 is 0 Å². The van der Waals surface area contributed by atoms with Gasteiger partial charge in [-0.15, -0.1) is 6.58 Å². The van der Waals surface area contributed by atoms with Crippen LogP contribution in [0.1, 0.15) is 24.9 Å². The highest BCUT2D eigenvalue weighted by Crippen LogP contribution is 2.37. The quantitative estimate of drug-likeness (QED) is 0.833. The number of para-hydroxylation sites is 1. The normalized spacial score (nSPS) is 18.2. The number of rotatable bonds is 4. The summed E-state index contributed by atoms with van der Waals surface area (Å²) in [6.07, 6.45) is 0.841. The number of hydrogen-bond acceptors (Lipinski definition) is 3. The van der Waals surface area contributed by atoms with Gasteiger partial charge in [-0.3, -0.25) is 4.90 Å². The van der Waals surface area contributed by atoms with Gasteiger partial charge in [0, 0.05) is 37.8 Å². The fraction of sp³-hybridized carbons (Fsp3) is 0.467. The van der Waals surface area contributed by atoms with Crippen molar-refractivity contribution in [2.45, 2.75) is 19.4 Å². The highest BCUT2D eigenvalue weighted by Gasteiger charge is 2.25. The molecule has 1 atom stereocenters. The van der Waals surface area contributed by atoms with Gasteiger partial charge in [0.1, 0.15) is 5.75 Å². The Labute approximate surface area is 119 Å². The number of phenols is 1. The van der Waals surface area contributed by atoms with E-state index in [1.165, 1.54) is 0 Å². The van der Waals surface area contributed by atoms with Gasteiger partial charge in [-0.25, -0.2) is 0 Å². The summed E-state index contributed by atoms with van der Waals surface area (Å²) >= 11 is 6.03. The van der Waals surface area contributed by atoms with E-state index in [4.69, 9.17) is 11.6 Å². The summed E-state index contributed by atoms with van der Waals surface area (Å²) in [5, 5.41) is 14.0. The molecule has 0 aliphatic carbocycles. The Morgan fingerprint density at radius 3 is 2.79 bits per heavy atom. The molecule has 2 N–H and O–H groups in total. The molecule has 1 heterocycles. The number of nitrogens with zero attached hydrogens (tertiary/aromatic N) is 1. The van der Waals surface area contributed by atoms with Crippen molar-refractivity contribution in [1.82, 2.24) is 10.2 Å². The van der Waals surface area contributed by atoms with Crippen LogP contribution in [0.3, 0.4) is 0 Å². The zero-order chi connectivity index (χ0) is 13.8. The lowest BCUT2D eigenvalue weighted by atomic mass is 9.97. The second-order valence-corrected chi connectivity index (χ2v) is 5.55. The Bertz CT molecular complexity index is 455. The first kappa shape index (κ1) is 14.4. The van der Waals surface area contributed by atoms with Gasteiger partial charge in [-0.05, 0) is 19.4 Å². The summed E-state index contributed by atoms with van der Waals surface area (Å²) < 4.78 is 0. The molecular weight excluding hydrogens is 260 g/mol. The molecule has 1 fully saturated rings. The minimum Gasteiger partial charge on any atom is -0.506 e. The fourth-order valence-corrected chi connectivity index (χ4v) is 2.74. The molecule has 0 amide bonds. The Morgan fingerprint density at radius 1 is 1.47 bits per heavy atom. The average molecular weight is 281 g/mol. The van der Waals surface area contributed by atoms with E-state index in [9.17, 15) is 5.11 Å². The lowest BCUT2D eigenvalue weighted by Gasteiger charge is -2.35. The highest BCUT2D eigenvalue weighted by molar-refractivity contribution is 6.32. The number of phenolic OH excluding ortho intramolecular Hbond substituents is 1. The summed E-state index contributed by atoms with van der Waals surface area (Å²) in [4.78, 5) is 2.39. The van der Waals surface area contributed by atoms with Crippen LogP contribution < -0.4 is 5.32 Å². The Morgan fingerprint density at radius 2 is 2.16 bits per heavy atom. The maximum atomic E-state index is 10.2. The molecule has 0 saturated carbocycles. The van der Waals surface area contributed by atoms with Crippen LogP contribution in [0.25, 0.3) is 0 Å². The Hall–Kier alpha value is -1.03. The molecule has 1 aromatic rings. The molecule has 1 aliphatic rings. The van der Waals surface area contributed by atoms with Crippen LogP contribution in [0.5, 0.6) is 5.75 Å². The summed E-state index contributed by atoms with van der Waals surface area (Å²) in [7, 11) is 0. The summed E-state index contributed by atoms with van der Waals surface area (Å²) in [5.74, 6) is 0.203. The smallest absolute Gasteiger partial charge is 0.138 e. The first-order chi connectivity index (χ1) is 9.09. The molecule has 19 heavy (non-hydrogen) atoms. The van der Waals surface area contributed by atoms with Crippen LogP contribution in [-0.2, 0) is 0 Å². The maximum absolute atomic E-state index is 10.2. The SMILES string of the molecule is C=C(C)C[C@H](c1cccc(Cl)c1O)N1CCNCC1. The topological polar surface area (TPSA) is 35.5 Å². The van der Waals surface area contributed by atoms with Crippen LogP contribution in [0.4, 0.5) is 0 Å². The molecule has 0 radical (unpaired) electrons. The van der Waals surface area contributed by atoms with Gasteiger partial charge in [0.2, 0.25) is 0 Å². The van der Waals surface area contributed by atoms with Crippen LogP contribution in [0.15, 0.2) is 30.4 Å². The van der Waals surface area contributed by atoms with Gasteiger partial charge in [0.05, 0.1) is 5.02 Å². The summed E-state index contributed by atoms with van der Waals surface area (Å²) in [5.41, 5.74) is 2.01. The van der Waals surface area contributed by atoms with Gasteiger partial charge in [0.25, 0.3) is 0 Å². The number of benzene rings is 1. The standard InChI is InChI=1S/C15H21ClN2O/c1-11(2)10-14(18-8-6-17-7-9-18)12-4-3-5-13(16)15(12)19/h3-5,14,17,19H,1,6-10H2,2H3/t14-/m1/s1. The summed E-state index contributed by atoms with van der Waals surface area (Å²) in [6, 6.07) is 5.72. The van der Waals surface area contributed by atoms with Crippen molar-refractivity contribution in [2.75, 3.05) is 26.2 Å². The van der Waals surface area contributed by atoms with E-state index >= 15 is 0 Å². The lowest BCUT2D eigenvalue weighted by Crippen LogP contribution is -2.45. The van der Waals surface area contributed by atoms with Crippen LogP contribution in [0.2, 0.25) is 5.02 Å². The Kier molecular flexibility index (Phi) is 4.86. The molecule has 2 rings (SSSR count).